The van der Waals surface area contributed by atoms with Gasteiger partial charge in [-0.15, -0.1) is 11.3 Å². The van der Waals surface area contributed by atoms with Gasteiger partial charge >= 0.3 is 5.97 Å². The van der Waals surface area contributed by atoms with Crippen molar-refractivity contribution in [3.63, 3.8) is 0 Å². The number of amides is 1. The zero-order valence-electron chi connectivity index (χ0n) is 21.7. The van der Waals surface area contributed by atoms with E-state index in [4.69, 9.17) is 4.74 Å². The summed E-state index contributed by atoms with van der Waals surface area (Å²) in [7, 11) is 1.27. The first-order valence-corrected chi connectivity index (χ1v) is 13.9. The number of hydrogen-bond donors (Lipinski definition) is 1. The summed E-state index contributed by atoms with van der Waals surface area (Å²) < 4.78 is 4.86. The summed E-state index contributed by atoms with van der Waals surface area (Å²) in [5.41, 5.74) is 3.42. The molecule has 4 aromatic rings. The topological polar surface area (TPSA) is 110 Å². The number of thiazole rings is 2. The van der Waals surface area contributed by atoms with E-state index < -0.39 is 29.5 Å². The van der Waals surface area contributed by atoms with Crippen LogP contribution < -0.4 is 4.90 Å². The van der Waals surface area contributed by atoms with Gasteiger partial charge in [0.15, 0.2) is 10.9 Å². The fourth-order valence-electron chi connectivity index (χ4n) is 4.49. The molecule has 1 aliphatic heterocycles. The lowest BCUT2D eigenvalue weighted by atomic mass is 9.94. The summed E-state index contributed by atoms with van der Waals surface area (Å²) in [5.74, 6) is -2.47. The maximum atomic E-state index is 14.1. The molecule has 0 unspecified atom stereocenters. The number of aromatic nitrogens is 2. The molecule has 8 nitrogen and oxygen atoms in total. The number of aliphatic hydroxyl groups excluding tert-OH is 1. The molecule has 0 spiro atoms. The number of ketones is 1. The number of methoxy groups -OCH3 is 1. The van der Waals surface area contributed by atoms with Crippen LogP contribution in [0, 0.1) is 13.8 Å². The lowest BCUT2D eigenvalue weighted by Gasteiger charge is -2.24. The van der Waals surface area contributed by atoms with Gasteiger partial charge in [-0.3, -0.25) is 14.5 Å². The Morgan fingerprint density at radius 2 is 1.64 bits per heavy atom. The van der Waals surface area contributed by atoms with Crippen LogP contribution in [0.4, 0.5) is 5.13 Å². The molecular formula is C29H25N3O5S2. The Bertz CT molecular complexity index is 1620. The van der Waals surface area contributed by atoms with Crippen LogP contribution >= 0.6 is 22.7 Å². The Morgan fingerprint density at radius 1 is 0.974 bits per heavy atom. The molecule has 0 bridgehead atoms. The van der Waals surface area contributed by atoms with Crippen LogP contribution in [0.2, 0.25) is 0 Å². The second-order valence-electron chi connectivity index (χ2n) is 8.97. The predicted molar refractivity (Wildman–Crippen MR) is 151 cm³/mol. The molecule has 0 saturated carbocycles. The molecule has 1 amide bonds. The van der Waals surface area contributed by atoms with Gasteiger partial charge in [0.25, 0.3) is 5.91 Å². The highest BCUT2D eigenvalue weighted by atomic mass is 32.1. The third kappa shape index (κ3) is 4.66. The Balaban J connectivity index is 1.63. The smallest absolute Gasteiger partial charge is 0.350 e. The standard InChI is InChI=1S/C29H25N3O5S2/c1-5-17-11-13-18(14-12-17)21-20(22(33)24-15(2)30-26(38-24)19-9-7-6-8-10-19)23(34)27(35)32(21)29-31-16(3)25(39-29)28(36)37-4/h6-14,21,34H,5H2,1-4H3/t21-/m1/s1. The number of benzene rings is 2. The molecule has 1 aliphatic rings. The van der Waals surface area contributed by atoms with Crippen LogP contribution in [0.1, 0.15) is 54.8 Å². The Hall–Kier alpha value is -4.15. The largest absolute Gasteiger partial charge is 0.503 e. The van der Waals surface area contributed by atoms with Gasteiger partial charge in [-0.05, 0) is 31.4 Å². The number of nitrogens with zero attached hydrogens (tertiary/aromatic N) is 3. The van der Waals surface area contributed by atoms with Gasteiger partial charge in [-0.25, -0.2) is 14.8 Å². The lowest BCUT2D eigenvalue weighted by molar-refractivity contribution is -0.117. The maximum absolute atomic E-state index is 14.1. The second kappa shape index (κ2) is 10.5. The van der Waals surface area contributed by atoms with E-state index >= 15 is 0 Å². The van der Waals surface area contributed by atoms with Crippen LogP contribution in [0.15, 0.2) is 65.9 Å². The SMILES string of the molecule is CCc1ccc([C@@H]2C(C(=O)c3sc(-c4ccccc4)nc3C)=C(O)C(=O)N2c2nc(C)c(C(=O)OC)s2)cc1. The number of hydrogen-bond acceptors (Lipinski definition) is 9. The summed E-state index contributed by atoms with van der Waals surface area (Å²) in [4.78, 5) is 50.8. The van der Waals surface area contributed by atoms with E-state index in [2.05, 4.69) is 9.97 Å². The van der Waals surface area contributed by atoms with Gasteiger partial charge in [-0.1, -0.05) is 72.9 Å². The average Bonchev–Trinajstić information content (AvgIpc) is 3.61. The summed E-state index contributed by atoms with van der Waals surface area (Å²) >= 11 is 2.19. The number of Topliss-reactive ketones (excluding diaryl/α,β-unsaturated/α-hetero) is 1. The van der Waals surface area contributed by atoms with Gasteiger partial charge in [0.1, 0.15) is 9.88 Å². The van der Waals surface area contributed by atoms with E-state index in [0.29, 0.717) is 26.8 Å². The predicted octanol–water partition coefficient (Wildman–Crippen LogP) is 6.02. The van der Waals surface area contributed by atoms with Crippen LogP contribution in [0.5, 0.6) is 0 Å². The fourth-order valence-corrected chi connectivity index (χ4v) is 6.52. The van der Waals surface area contributed by atoms with Crippen molar-refractivity contribution in [1.29, 1.82) is 0 Å². The van der Waals surface area contributed by atoms with Crippen LogP contribution in [-0.4, -0.2) is 39.8 Å². The number of esters is 1. The number of ether oxygens (including phenoxy) is 1. The van der Waals surface area contributed by atoms with E-state index in [1.165, 1.54) is 23.3 Å². The van der Waals surface area contributed by atoms with Crippen LogP contribution in [-0.2, 0) is 16.0 Å². The minimum absolute atomic E-state index is 0.0527. The minimum atomic E-state index is -0.950. The van der Waals surface area contributed by atoms with Gasteiger partial charge in [0.2, 0.25) is 5.78 Å². The molecule has 0 aliphatic carbocycles. The Morgan fingerprint density at radius 3 is 2.28 bits per heavy atom. The van der Waals surface area contributed by atoms with Gasteiger partial charge in [-0.2, -0.15) is 0 Å². The van der Waals surface area contributed by atoms with Crippen molar-refractivity contribution in [2.24, 2.45) is 0 Å². The van der Waals surface area contributed by atoms with Crippen molar-refractivity contribution in [3.05, 3.63) is 98.2 Å². The summed E-state index contributed by atoms with van der Waals surface area (Å²) in [6.45, 7) is 5.41. The van der Waals surface area contributed by atoms with Crippen LogP contribution in [0.25, 0.3) is 10.6 Å². The third-order valence-corrected chi connectivity index (χ3v) is 8.88. The Labute approximate surface area is 233 Å². The van der Waals surface area contributed by atoms with Crippen molar-refractivity contribution in [3.8, 4) is 10.6 Å². The van der Waals surface area contributed by atoms with Gasteiger partial charge < -0.3 is 9.84 Å². The molecule has 10 heteroatoms. The van der Waals surface area contributed by atoms with Crippen molar-refractivity contribution < 1.29 is 24.2 Å². The third-order valence-electron chi connectivity index (χ3n) is 6.54. The minimum Gasteiger partial charge on any atom is -0.503 e. The molecule has 1 N–H and O–H groups in total. The van der Waals surface area contributed by atoms with Crippen molar-refractivity contribution in [2.45, 2.75) is 33.2 Å². The fraction of sp³-hybridized carbons (Fsp3) is 0.207. The quantitative estimate of drug-likeness (QED) is 0.218. The number of anilines is 1. The maximum Gasteiger partial charge on any atom is 0.350 e. The number of carbonyl (C=O) groups is 3. The highest BCUT2D eigenvalue weighted by Crippen LogP contribution is 2.45. The molecule has 3 heterocycles. The first kappa shape index (κ1) is 26.5. The second-order valence-corrected chi connectivity index (χ2v) is 10.9. The highest BCUT2D eigenvalue weighted by Gasteiger charge is 2.47. The molecule has 5 rings (SSSR count). The lowest BCUT2D eigenvalue weighted by Crippen LogP contribution is -2.31. The van der Waals surface area contributed by atoms with Gasteiger partial charge in [0.05, 0.1) is 35.0 Å². The zero-order valence-corrected chi connectivity index (χ0v) is 23.4. The van der Waals surface area contributed by atoms with Crippen molar-refractivity contribution in [1.82, 2.24) is 9.97 Å². The molecule has 1 atom stereocenters. The molecule has 0 fully saturated rings. The first-order valence-electron chi connectivity index (χ1n) is 12.2. The number of rotatable bonds is 7. The van der Waals surface area contributed by atoms with E-state index in [-0.39, 0.29) is 15.6 Å². The van der Waals surface area contributed by atoms with Crippen molar-refractivity contribution >= 4 is 45.5 Å². The molecular weight excluding hydrogens is 534 g/mol. The monoisotopic (exact) mass is 559 g/mol. The molecule has 0 radical (unpaired) electrons. The summed E-state index contributed by atoms with van der Waals surface area (Å²) in [5, 5.41) is 12.0. The van der Waals surface area contributed by atoms with E-state index in [1.54, 1.807) is 13.8 Å². The molecule has 39 heavy (non-hydrogen) atoms. The molecule has 2 aromatic heterocycles. The van der Waals surface area contributed by atoms with Crippen molar-refractivity contribution in [2.75, 3.05) is 12.0 Å². The number of carbonyl (C=O) groups excluding carboxylic acids is 3. The molecule has 0 saturated heterocycles. The Kier molecular flexibility index (Phi) is 7.16. The molecule has 2 aromatic carbocycles. The number of aliphatic hydroxyl groups is 1. The van der Waals surface area contributed by atoms with Gasteiger partial charge in [0, 0.05) is 5.56 Å². The average molecular weight is 560 g/mol. The van der Waals surface area contributed by atoms with E-state index in [0.717, 1.165) is 28.9 Å². The van der Waals surface area contributed by atoms with E-state index in [1.807, 2.05) is 61.5 Å². The molecule has 198 valence electrons. The summed E-state index contributed by atoms with van der Waals surface area (Å²) in [6.07, 6.45) is 0.816. The summed E-state index contributed by atoms with van der Waals surface area (Å²) in [6, 6.07) is 16.1. The zero-order chi connectivity index (χ0) is 27.8. The normalized spacial score (nSPS) is 15.2. The van der Waals surface area contributed by atoms with Crippen LogP contribution in [0.3, 0.4) is 0 Å². The highest BCUT2D eigenvalue weighted by molar-refractivity contribution is 7.18. The number of aryl methyl sites for hydroxylation is 3. The van der Waals surface area contributed by atoms with E-state index in [9.17, 15) is 19.5 Å². The first-order chi connectivity index (χ1) is 18.7.